The Kier molecular flexibility index (Phi) is 3.01. The molecule has 0 aliphatic carbocycles. The molecule has 6 heteroatoms. The van der Waals surface area contributed by atoms with Gasteiger partial charge in [0.2, 0.25) is 0 Å². The van der Waals surface area contributed by atoms with Crippen LogP contribution in [0.4, 0.5) is 10.8 Å². The van der Waals surface area contributed by atoms with Gasteiger partial charge >= 0.3 is 0 Å². The number of hydrogen-bond donors (Lipinski definition) is 2. The van der Waals surface area contributed by atoms with E-state index in [0.29, 0.717) is 6.42 Å². The van der Waals surface area contributed by atoms with Crippen molar-refractivity contribution in [3.05, 3.63) is 53.6 Å². The zero-order valence-electron chi connectivity index (χ0n) is 9.50. The highest BCUT2D eigenvalue weighted by Crippen LogP contribution is 2.23. The summed E-state index contributed by atoms with van der Waals surface area (Å²) in [6, 6.07) is 9.99. The number of nitrogens with zero attached hydrogens (tertiary/aromatic N) is 3. The smallest absolute Gasteiger partial charge is 0.187 e. The Balaban J connectivity index is 1.70. The van der Waals surface area contributed by atoms with E-state index in [0.717, 1.165) is 21.5 Å². The molecule has 3 aromatic rings. The Hall–Kier alpha value is -2.21. The normalized spacial score (nSPS) is 10.4. The molecular formula is C12H11N5S. The van der Waals surface area contributed by atoms with Crippen LogP contribution in [-0.2, 0) is 6.42 Å². The van der Waals surface area contributed by atoms with Crippen molar-refractivity contribution in [2.75, 3.05) is 5.32 Å². The number of aromatic nitrogens is 4. The molecule has 0 unspecified atom stereocenters. The Morgan fingerprint density at radius 2 is 2.06 bits per heavy atom. The molecule has 2 N–H and O–H groups in total. The van der Waals surface area contributed by atoms with E-state index in [1.807, 2.05) is 36.5 Å². The first-order chi connectivity index (χ1) is 8.90. The first-order valence-corrected chi connectivity index (χ1v) is 6.33. The number of para-hydroxylation sites is 1. The second-order valence-electron chi connectivity index (χ2n) is 3.71. The van der Waals surface area contributed by atoms with Gasteiger partial charge in [0.1, 0.15) is 6.33 Å². The van der Waals surface area contributed by atoms with E-state index in [-0.39, 0.29) is 0 Å². The molecule has 2 heterocycles. The van der Waals surface area contributed by atoms with Crippen LogP contribution in [0.5, 0.6) is 0 Å². The van der Waals surface area contributed by atoms with Gasteiger partial charge in [-0.3, -0.25) is 5.10 Å². The van der Waals surface area contributed by atoms with Crippen LogP contribution in [0.1, 0.15) is 10.7 Å². The van der Waals surface area contributed by atoms with Crippen molar-refractivity contribution in [3.8, 4) is 0 Å². The molecular weight excluding hydrogens is 246 g/mol. The minimum Gasteiger partial charge on any atom is -0.332 e. The fourth-order valence-corrected chi connectivity index (χ4v) is 2.40. The van der Waals surface area contributed by atoms with Crippen LogP contribution in [-0.4, -0.2) is 20.2 Å². The number of aromatic amines is 1. The number of anilines is 2. The number of thiazole rings is 1. The minimum absolute atomic E-state index is 0.706. The van der Waals surface area contributed by atoms with Crippen molar-refractivity contribution >= 4 is 22.2 Å². The van der Waals surface area contributed by atoms with E-state index in [1.165, 1.54) is 0 Å². The highest BCUT2D eigenvalue weighted by Gasteiger charge is 2.05. The maximum absolute atomic E-state index is 4.33. The van der Waals surface area contributed by atoms with E-state index < -0.39 is 0 Å². The van der Waals surface area contributed by atoms with Gasteiger partial charge in [0.25, 0.3) is 0 Å². The summed E-state index contributed by atoms with van der Waals surface area (Å²) in [5.41, 5.74) is 1.04. The monoisotopic (exact) mass is 257 g/mol. The third-order valence-corrected chi connectivity index (χ3v) is 3.29. The maximum atomic E-state index is 4.33. The molecule has 2 aromatic heterocycles. The highest BCUT2D eigenvalue weighted by atomic mass is 32.1. The molecule has 3 rings (SSSR count). The van der Waals surface area contributed by atoms with Gasteiger partial charge in [-0.15, -0.1) is 11.3 Å². The van der Waals surface area contributed by atoms with Crippen molar-refractivity contribution in [1.82, 2.24) is 20.2 Å². The lowest BCUT2D eigenvalue weighted by molar-refractivity contribution is 0.981. The minimum atomic E-state index is 0.706. The Labute approximate surface area is 108 Å². The first-order valence-electron chi connectivity index (χ1n) is 5.51. The van der Waals surface area contributed by atoms with Gasteiger partial charge in [-0.25, -0.2) is 9.97 Å². The first kappa shape index (κ1) is 10.9. The van der Waals surface area contributed by atoms with Crippen molar-refractivity contribution in [1.29, 1.82) is 0 Å². The van der Waals surface area contributed by atoms with E-state index in [9.17, 15) is 0 Å². The number of H-pyrrole nitrogens is 1. The Bertz CT molecular complexity index is 602. The van der Waals surface area contributed by atoms with E-state index >= 15 is 0 Å². The highest BCUT2D eigenvalue weighted by molar-refractivity contribution is 7.15. The summed E-state index contributed by atoms with van der Waals surface area (Å²) in [4.78, 5) is 9.56. The lowest BCUT2D eigenvalue weighted by atomic mass is 10.3. The molecule has 0 bridgehead atoms. The SMILES string of the molecule is c1ccc(Nc2ncc(Cc3nc[nH]n3)s2)cc1. The molecule has 0 radical (unpaired) electrons. The molecule has 1 aromatic carbocycles. The second-order valence-corrected chi connectivity index (χ2v) is 4.83. The summed E-state index contributed by atoms with van der Waals surface area (Å²) in [5, 5.41) is 10.9. The third kappa shape index (κ3) is 2.54. The van der Waals surface area contributed by atoms with Crippen LogP contribution in [0, 0.1) is 0 Å². The maximum Gasteiger partial charge on any atom is 0.187 e. The van der Waals surface area contributed by atoms with Crippen molar-refractivity contribution in [2.24, 2.45) is 0 Å². The van der Waals surface area contributed by atoms with Gasteiger partial charge in [0.15, 0.2) is 11.0 Å². The number of hydrogen-bond acceptors (Lipinski definition) is 5. The van der Waals surface area contributed by atoms with E-state index in [2.05, 4.69) is 25.5 Å². The van der Waals surface area contributed by atoms with Crippen molar-refractivity contribution in [2.45, 2.75) is 6.42 Å². The number of benzene rings is 1. The topological polar surface area (TPSA) is 66.5 Å². The van der Waals surface area contributed by atoms with Gasteiger partial charge in [-0.05, 0) is 12.1 Å². The molecule has 5 nitrogen and oxygen atoms in total. The van der Waals surface area contributed by atoms with Crippen LogP contribution in [0.2, 0.25) is 0 Å². The molecule has 18 heavy (non-hydrogen) atoms. The van der Waals surface area contributed by atoms with Crippen LogP contribution in [0.25, 0.3) is 0 Å². The van der Waals surface area contributed by atoms with Crippen molar-refractivity contribution < 1.29 is 0 Å². The summed E-state index contributed by atoms with van der Waals surface area (Å²) in [7, 11) is 0. The lowest BCUT2D eigenvalue weighted by Gasteiger charge is -2.00. The largest absolute Gasteiger partial charge is 0.332 e. The fraction of sp³-hybridized carbons (Fsp3) is 0.0833. The molecule has 0 amide bonds. The summed E-state index contributed by atoms with van der Waals surface area (Å²) >= 11 is 1.61. The molecule has 0 saturated heterocycles. The number of rotatable bonds is 4. The predicted octanol–water partition coefficient (Wildman–Crippen LogP) is 2.60. The van der Waals surface area contributed by atoms with Crippen LogP contribution in [0.15, 0.2) is 42.9 Å². The molecule has 0 atom stereocenters. The van der Waals surface area contributed by atoms with Gasteiger partial charge in [-0.2, -0.15) is 5.10 Å². The molecule has 0 saturated carbocycles. The molecule has 90 valence electrons. The van der Waals surface area contributed by atoms with Crippen LogP contribution >= 0.6 is 11.3 Å². The second kappa shape index (κ2) is 4.97. The van der Waals surface area contributed by atoms with Gasteiger partial charge in [-0.1, -0.05) is 18.2 Å². The zero-order valence-corrected chi connectivity index (χ0v) is 10.3. The summed E-state index contributed by atoms with van der Waals surface area (Å²) in [6.45, 7) is 0. The van der Waals surface area contributed by atoms with Gasteiger partial charge in [0, 0.05) is 23.2 Å². The zero-order chi connectivity index (χ0) is 12.2. The summed E-state index contributed by atoms with van der Waals surface area (Å²) in [5.74, 6) is 0.782. The van der Waals surface area contributed by atoms with Crippen molar-refractivity contribution in [3.63, 3.8) is 0 Å². The summed E-state index contributed by atoms with van der Waals surface area (Å²) < 4.78 is 0. The molecule has 0 aliphatic rings. The van der Waals surface area contributed by atoms with E-state index in [1.54, 1.807) is 17.7 Å². The van der Waals surface area contributed by atoms with Crippen LogP contribution in [0.3, 0.4) is 0 Å². The third-order valence-electron chi connectivity index (χ3n) is 2.38. The van der Waals surface area contributed by atoms with Gasteiger partial charge < -0.3 is 5.32 Å². The average Bonchev–Trinajstić information content (AvgIpc) is 3.03. The lowest BCUT2D eigenvalue weighted by Crippen LogP contribution is -1.87. The number of nitrogens with one attached hydrogen (secondary N) is 2. The Morgan fingerprint density at radius 3 is 2.83 bits per heavy atom. The standard InChI is InChI=1S/C12H11N5S/c1-2-4-9(5-3-1)16-12-13-7-10(18-12)6-11-14-8-15-17-11/h1-5,7-8H,6H2,(H,13,16)(H,14,15,17). The molecule has 0 spiro atoms. The van der Waals surface area contributed by atoms with Crippen LogP contribution < -0.4 is 5.32 Å². The summed E-state index contributed by atoms with van der Waals surface area (Å²) in [6.07, 6.45) is 4.14. The predicted molar refractivity (Wildman–Crippen MR) is 71.0 cm³/mol. The fourth-order valence-electron chi connectivity index (χ4n) is 1.57. The quantitative estimate of drug-likeness (QED) is 0.754. The van der Waals surface area contributed by atoms with Gasteiger partial charge in [0.05, 0.1) is 0 Å². The Morgan fingerprint density at radius 1 is 1.17 bits per heavy atom. The molecule has 0 aliphatic heterocycles. The average molecular weight is 257 g/mol. The van der Waals surface area contributed by atoms with E-state index in [4.69, 9.17) is 0 Å². The molecule has 0 fully saturated rings.